The zero-order chi connectivity index (χ0) is 18.0. The molecule has 3 aromatic rings. The Labute approximate surface area is 142 Å². The first-order valence-corrected chi connectivity index (χ1v) is 7.39. The van der Waals surface area contributed by atoms with Gasteiger partial charge in [0.1, 0.15) is 11.5 Å². The highest BCUT2D eigenvalue weighted by atomic mass is 19.4. The van der Waals surface area contributed by atoms with Crippen LogP contribution in [0, 0.1) is 0 Å². The molecule has 0 unspecified atom stereocenters. The maximum Gasteiger partial charge on any atom is 0.433 e. The molecular formula is C16H15F3N6. The van der Waals surface area contributed by atoms with Gasteiger partial charge in [0.05, 0.1) is 6.20 Å². The Bertz CT molecular complexity index is 860. The zero-order valence-corrected chi connectivity index (χ0v) is 13.6. The maximum atomic E-state index is 13.2. The summed E-state index contributed by atoms with van der Waals surface area (Å²) >= 11 is 0. The van der Waals surface area contributed by atoms with E-state index in [1.807, 2.05) is 0 Å². The normalized spacial score (nSPS) is 11.6. The molecule has 25 heavy (non-hydrogen) atoms. The van der Waals surface area contributed by atoms with Crippen molar-refractivity contribution < 1.29 is 13.2 Å². The molecule has 0 N–H and O–H groups in total. The number of aryl methyl sites for hydroxylation is 1. The molecule has 0 saturated carbocycles. The van der Waals surface area contributed by atoms with E-state index in [4.69, 9.17) is 0 Å². The number of hydrogen-bond acceptors (Lipinski definition) is 5. The molecule has 3 rings (SSSR count). The van der Waals surface area contributed by atoms with Gasteiger partial charge in [-0.05, 0) is 12.1 Å². The number of nitrogens with zero attached hydrogens (tertiary/aromatic N) is 6. The fourth-order valence-electron chi connectivity index (χ4n) is 2.29. The van der Waals surface area contributed by atoms with Crippen molar-refractivity contribution in [1.82, 2.24) is 24.7 Å². The van der Waals surface area contributed by atoms with E-state index < -0.39 is 11.9 Å². The molecule has 0 aliphatic rings. The Morgan fingerprint density at radius 2 is 2.00 bits per heavy atom. The van der Waals surface area contributed by atoms with Crippen LogP contribution in [-0.4, -0.2) is 31.8 Å². The summed E-state index contributed by atoms with van der Waals surface area (Å²) in [6.45, 7) is 0.365. The average Bonchev–Trinajstić information content (AvgIpc) is 2.99. The predicted molar refractivity (Wildman–Crippen MR) is 85.6 cm³/mol. The van der Waals surface area contributed by atoms with Crippen LogP contribution in [0.15, 0.2) is 42.9 Å². The van der Waals surface area contributed by atoms with Gasteiger partial charge >= 0.3 is 6.18 Å². The van der Waals surface area contributed by atoms with E-state index >= 15 is 0 Å². The number of halogens is 3. The number of aromatic nitrogens is 5. The minimum absolute atomic E-state index is 0.0662. The van der Waals surface area contributed by atoms with Crippen LogP contribution in [0.25, 0.3) is 11.5 Å². The van der Waals surface area contributed by atoms with Crippen LogP contribution in [0.2, 0.25) is 0 Å². The minimum Gasteiger partial charge on any atom is -0.355 e. The first-order chi connectivity index (χ1) is 11.8. The molecule has 0 saturated heterocycles. The van der Waals surface area contributed by atoms with Crippen LogP contribution in [0.4, 0.5) is 19.0 Å². The SMILES string of the molecule is CN(Cc1cnn(C)c1)c1cc(C(F)(F)F)nc(-c2ccccn2)n1. The van der Waals surface area contributed by atoms with Crippen molar-refractivity contribution in [1.29, 1.82) is 0 Å². The largest absolute Gasteiger partial charge is 0.433 e. The number of rotatable bonds is 4. The molecule has 0 atom stereocenters. The Morgan fingerprint density at radius 3 is 2.60 bits per heavy atom. The van der Waals surface area contributed by atoms with Gasteiger partial charge in [0.2, 0.25) is 0 Å². The summed E-state index contributed by atoms with van der Waals surface area (Å²) in [5.41, 5.74) is 0.136. The maximum absolute atomic E-state index is 13.2. The summed E-state index contributed by atoms with van der Waals surface area (Å²) in [5, 5.41) is 4.05. The average molecular weight is 348 g/mol. The lowest BCUT2D eigenvalue weighted by molar-refractivity contribution is -0.141. The minimum atomic E-state index is -4.57. The van der Waals surface area contributed by atoms with Crippen molar-refractivity contribution in [2.75, 3.05) is 11.9 Å². The Hall–Kier alpha value is -2.97. The standard InChI is InChI=1S/C16H15F3N6/c1-24(9-11-8-21-25(2)10-11)14-7-13(16(17,18)19)22-15(23-14)12-5-3-4-6-20-12/h3-8,10H,9H2,1-2H3. The smallest absolute Gasteiger partial charge is 0.355 e. The lowest BCUT2D eigenvalue weighted by Gasteiger charge is -2.19. The third kappa shape index (κ3) is 3.93. The fraction of sp³-hybridized carbons (Fsp3) is 0.250. The molecule has 0 bridgehead atoms. The van der Waals surface area contributed by atoms with Crippen LogP contribution in [-0.2, 0) is 19.8 Å². The topological polar surface area (TPSA) is 59.7 Å². The van der Waals surface area contributed by atoms with Crippen LogP contribution in [0.1, 0.15) is 11.3 Å². The van der Waals surface area contributed by atoms with E-state index in [0.29, 0.717) is 6.54 Å². The van der Waals surface area contributed by atoms with Crippen LogP contribution < -0.4 is 4.90 Å². The highest BCUT2D eigenvalue weighted by Gasteiger charge is 2.34. The second-order valence-corrected chi connectivity index (χ2v) is 5.53. The lowest BCUT2D eigenvalue weighted by Crippen LogP contribution is -2.20. The molecule has 0 aromatic carbocycles. The van der Waals surface area contributed by atoms with Crippen molar-refractivity contribution in [3.05, 3.63) is 54.1 Å². The molecule has 6 nitrogen and oxygen atoms in total. The van der Waals surface area contributed by atoms with Crippen LogP contribution in [0.3, 0.4) is 0 Å². The third-order valence-electron chi connectivity index (χ3n) is 3.47. The fourth-order valence-corrected chi connectivity index (χ4v) is 2.29. The number of pyridine rings is 1. The highest BCUT2D eigenvalue weighted by Crippen LogP contribution is 2.31. The second-order valence-electron chi connectivity index (χ2n) is 5.53. The molecule has 0 aliphatic heterocycles. The molecule has 0 spiro atoms. The van der Waals surface area contributed by atoms with Gasteiger partial charge in [-0.1, -0.05) is 6.07 Å². The van der Waals surface area contributed by atoms with Crippen LogP contribution in [0.5, 0.6) is 0 Å². The number of alkyl halides is 3. The van der Waals surface area contributed by atoms with Gasteiger partial charge in [-0.15, -0.1) is 0 Å². The summed E-state index contributed by atoms with van der Waals surface area (Å²) < 4.78 is 41.3. The predicted octanol–water partition coefficient (Wildman–Crippen LogP) is 2.93. The quantitative estimate of drug-likeness (QED) is 0.726. The molecule has 0 amide bonds. The van der Waals surface area contributed by atoms with Gasteiger partial charge < -0.3 is 4.90 Å². The Kier molecular flexibility index (Phi) is 4.39. The van der Waals surface area contributed by atoms with Gasteiger partial charge in [0.25, 0.3) is 0 Å². The number of anilines is 1. The number of hydrogen-bond donors (Lipinski definition) is 0. The molecule has 0 radical (unpaired) electrons. The van der Waals surface area contributed by atoms with Crippen molar-refractivity contribution >= 4 is 5.82 Å². The molecule has 3 heterocycles. The zero-order valence-electron chi connectivity index (χ0n) is 13.6. The van der Waals surface area contributed by atoms with Crippen LogP contribution >= 0.6 is 0 Å². The third-order valence-corrected chi connectivity index (χ3v) is 3.47. The summed E-state index contributed by atoms with van der Waals surface area (Å²) in [6.07, 6.45) is 0.360. The van der Waals surface area contributed by atoms with Crippen molar-refractivity contribution in [3.8, 4) is 11.5 Å². The van der Waals surface area contributed by atoms with E-state index in [0.717, 1.165) is 11.6 Å². The van der Waals surface area contributed by atoms with E-state index in [1.54, 1.807) is 54.3 Å². The van der Waals surface area contributed by atoms with Gasteiger partial charge in [-0.3, -0.25) is 9.67 Å². The Balaban J connectivity index is 2.00. The molecule has 0 fully saturated rings. The first-order valence-electron chi connectivity index (χ1n) is 7.39. The lowest BCUT2D eigenvalue weighted by atomic mass is 10.3. The summed E-state index contributed by atoms with van der Waals surface area (Å²) in [5.74, 6) is 0.0929. The molecule has 9 heteroatoms. The monoisotopic (exact) mass is 348 g/mol. The summed E-state index contributed by atoms with van der Waals surface area (Å²) in [7, 11) is 3.44. The van der Waals surface area contributed by atoms with E-state index in [2.05, 4.69) is 20.1 Å². The molecular weight excluding hydrogens is 333 g/mol. The van der Waals surface area contributed by atoms with E-state index in [-0.39, 0.29) is 17.3 Å². The van der Waals surface area contributed by atoms with E-state index in [9.17, 15) is 13.2 Å². The van der Waals surface area contributed by atoms with Crippen molar-refractivity contribution in [2.24, 2.45) is 7.05 Å². The van der Waals surface area contributed by atoms with Gasteiger partial charge in [-0.25, -0.2) is 9.97 Å². The summed E-state index contributed by atoms with van der Waals surface area (Å²) in [6, 6.07) is 5.85. The van der Waals surface area contributed by atoms with Gasteiger partial charge in [-0.2, -0.15) is 18.3 Å². The van der Waals surface area contributed by atoms with Crippen molar-refractivity contribution in [3.63, 3.8) is 0 Å². The van der Waals surface area contributed by atoms with Gasteiger partial charge in [0, 0.05) is 44.7 Å². The first kappa shape index (κ1) is 16.9. The summed E-state index contributed by atoms with van der Waals surface area (Å²) in [4.78, 5) is 13.5. The highest BCUT2D eigenvalue weighted by molar-refractivity contribution is 5.54. The van der Waals surface area contributed by atoms with Crippen molar-refractivity contribution in [2.45, 2.75) is 12.7 Å². The molecule has 130 valence electrons. The van der Waals surface area contributed by atoms with E-state index in [1.165, 1.54) is 6.20 Å². The van der Waals surface area contributed by atoms with Gasteiger partial charge in [0.15, 0.2) is 11.5 Å². The second kappa shape index (κ2) is 6.50. The molecule has 3 aromatic heterocycles. The Morgan fingerprint density at radius 1 is 1.20 bits per heavy atom. The molecule has 0 aliphatic carbocycles.